The van der Waals surface area contributed by atoms with Gasteiger partial charge in [0.1, 0.15) is 5.75 Å². The fourth-order valence-corrected chi connectivity index (χ4v) is 4.71. The molecule has 0 spiro atoms. The van der Waals surface area contributed by atoms with Crippen LogP contribution in [0.15, 0.2) is 48.5 Å². The lowest BCUT2D eigenvalue weighted by Gasteiger charge is -2.32. The van der Waals surface area contributed by atoms with Crippen molar-refractivity contribution in [2.24, 2.45) is 0 Å². The number of nitrogens with one attached hydrogen (secondary N) is 1. The van der Waals surface area contributed by atoms with Gasteiger partial charge in [0.25, 0.3) is 0 Å². The molecule has 0 heterocycles. The zero-order chi connectivity index (χ0) is 25.7. The van der Waals surface area contributed by atoms with Gasteiger partial charge in [-0.2, -0.15) is 0 Å². The molecular weight excluding hydrogens is 485 g/mol. The smallest absolute Gasteiger partial charge is 0.326 e. The minimum atomic E-state index is -0.391. The van der Waals surface area contributed by atoms with Crippen molar-refractivity contribution in [1.82, 2.24) is 0 Å². The fourth-order valence-electron chi connectivity index (χ4n) is 4.24. The number of hydrogen-bond donors (Lipinski definition) is 3. The van der Waals surface area contributed by atoms with E-state index >= 15 is 0 Å². The van der Waals surface area contributed by atoms with Gasteiger partial charge in [-0.25, -0.2) is 4.79 Å². The van der Waals surface area contributed by atoms with Crippen molar-refractivity contribution in [3.05, 3.63) is 80.8 Å². The molecular formula is C27H31Cl2N3O3. The van der Waals surface area contributed by atoms with Gasteiger partial charge in [0, 0.05) is 21.3 Å². The molecule has 0 radical (unpaired) electrons. The van der Waals surface area contributed by atoms with Crippen LogP contribution in [0.4, 0.5) is 21.9 Å². The Kier molecular flexibility index (Phi) is 8.89. The number of urea groups is 1. The Hall–Kier alpha value is -2.93. The number of hydrogen-bond acceptors (Lipinski definition) is 4. The molecule has 186 valence electrons. The second kappa shape index (κ2) is 11.7. The largest absolute Gasteiger partial charge is 0.497 e. The highest BCUT2D eigenvalue weighted by Crippen LogP contribution is 2.37. The number of ether oxygens (including phenoxy) is 1. The summed E-state index contributed by atoms with van der Waals surface area (Å²) in [5.74, 6) is 0.585. The van der Waals surface area contributed by atoms with Gasteiger partial charge >= 0.3 is 6.03 Å². The first-order chi connectivity index (χ1) is 16.7. The summed E-state index contributed by atoms with van der Waals surface area (Å²) in [6.45, 7) is 5.61. The molecule has 3 aromatic rings. The zero-order valence-electron chi connectivity index (χ0n) is 20.4. The van der Waals surface area contributed by atoms with Gasteiger partial charge in [0.15, 0.2) is 0 Å². The third-order valence-corrected chi connectivity index (χ3v) is 6.73. The molecule has 0 saturated carbocycles. The molecule has 0 aliphatic heterocycles. The van der Waals surface area contributed by atoms with Crippen LogP contribution in [-0.4, -0.2) is 18.2 Å². The number of halogens is 2. The minimum Gasteiger partial charge on any atom is -0.497 e. The molecule has 0 bridgehead atoms. The van der Waals surface area contributed by atoms with E-state index in [1.807, 2.05) is 32.9 Å². The zero-order valence-corrected chi connectivity index (χ0v) is 21.9. The number of nitrogens with zero attached hydrogens (tertiary/aromatic N) is 1. The first-order valence-corrected chi connectivity index (χ1v) is 12.2. The Morgan fingerprint density at radius 3 is 2.31 bits per heavy atom. The highest BCUT2D eigenvalue weighted by molar-refractivity contribution is 6.32. The van der Waals surface area contributed by atoms with E-state index in [-0.39, 0.29) is 12.6 Å². The molecule has 8 heteroatoms. The highest BCUT2D eigenvalue weighted by Gasteiger charge is 2.28. The number of methoxy groups -OCH3 is 1. The Bertz CT molecular complexity index is 1170. The lowest BCUT2D eigenvalue weighted by Crippen LogP contribution is -2.38. The minimum absolute atomic E-state index is 0.270. The van der Waals surface area contributed by atoms with Crippen molar-refractivity contribution in [1.29, 1.82) is 0 Å². The second-order valence-corrected chi connectivity index (χ2v) is 9.01. The molecule has 1 unspecified atom stereocenters. The van der Waals surface area contributed by atoms with Crippen molar-refractivity contribution in [2.75, 3.05) is 23.1 Å². The van der Waals surface area contributed by atoms with Gasteiger partial charge in [-0.15, -0.1) is 0 Å². The number of anilines is 3. The average molecular weight is 516 g/mol. The molecule has 0 aliphatic rings. The number of aliphatic hydroxyl groups is 1. The van der Waals surface area contributed by atoms with Crippen LogP contribution in [0, 0.1) is 0 Å². The number of rotatable bonds is 8. The van der Waals surface area contributed by atoms with E-state index in [0.717, 1.165) is 16.7 Å². The van der Waals surface area contributed by atoms with Crippen molar-refractivity contribution < 1.29 is 14.6 Å². The van der Waals surface area contributed by atoms with E-state index in [2.05, 4.69) is 5.32 Å². The predicted octanol–water partition coefficient (Wildman–Crippen LogP) is 7.00. The summed E-state index contributed by atoms with van der Waals surface area (Å²) in [5.41, 5.74) is 11.0. The number of carbonyl (C=O) groups is 1. The topological polar surface area (TPSA) is 87.8 Å². The molecule has 2 amide bonds. The number of benzene rings is 3. The van der Waals surface area contributed by atoms with E-state index < -0.39 is 6.04 Å². The van der Waals surface area contributed by atoms with E-state index in [4.69, 9.17) is 33.7 Å². The quantitative estimate of drug-likeness (QED) is 0.281. The highest BCUT2D eigenvalue weighted by atomic mass is 35.5. The van der Waals surface area contributed by atoms with Gasteiger partial charge in [-0.3, -0.25) is 4.90 Å². The monoisotopic (exact) mass is 515 g/mol. The summed E-state index contributed by atoms with van der Waals surface area (Å²) in [7, 11) is 1.55. The van der Waals surface area contributed by atoms with Crippen LogP contribution in [0.1, 0.15) is 49.1 Å². The van der Waals surface area contributed by atoms with E-state index in [9.17, 15) is 9.90 Å². The molecule has 4 N–H and O–H groups in total. The number of nitrogens with two attached hydrogens (primary N) is 1. The molecule has 0 aromatic heterocycles. The van der Waals surface area contributed by atoms with E-state index in [1.165, 1.54) is 0 Å². The molecule has 0 aliphatic carbocycles. The lowest BCUT2D eigenvalue weighted by molar-refractivity contribution is 0.254. The van der Waals surface area contributed by atoms with Gasteiger partial charge in [0.2, 0.25) is 0 Å². The lowest BCUT2D eigenvalue weighted by atomic mass is 10.0. The average Bonchev–Trinajstić information content (AvgIpc) is 2.84. The maximum atomic E-state index is 14.0. The maximum Gasteiger partial charge on any atom is 0.326 e. The first-order valence-electron chi connectivity index (χ1n) is 11.5. The number of aliphatic hydroxyl groups excluding tert-OH is 1. The van der Waals surface area contributed by atoms with Gasteiger partial charge in [0.05, 0.1) is 31.1 Å². The summed E-state index contributed by atoms with van der Waals surface area (Å²) >= 11 is 12.6. The fraction of sp³-hybridized carbons (Fsp3) is 0.296. The molecule has 3 aromatic carbocycles. The van der Waals surface area contributed by atoms with Crippen molar-refractivity contribution >= 4 is 46.3 Å². The summed E-state index contributed by atoms with van der Waals surface area (Å²) in [4.78, 5) is 15.6. The van der Waals surface area contributed by atoms with Crippen LogP contribution in [-0.2, 0) is 19.4 Å². The third-order valence-electron chi connectivity index (χ3n) is 6.14. The van der Waals surface area contributed by atoms with Crippen molar-refractivity contribution in [3.8, 4) is 5.75 Å². The number of nitrogen functional groups attached to an aromatic ring is 1. The van der Waals surface area contributed by atoms with Crippen LogP contribution in [0.25, 0.3) is 0 Å². The van der Waals surface area contributed by atoms with Gasteiger partial charge < -0.3 is 20.9 Å². The third kappa shape index (κ3) is 5.67. The van der Waals surface area contributed by atoms with Gasteiger partial charge in [-0.05, 0) is 72.9 Å². The summed E-state index contributed by atoms with van der Waals surface area (Å²) in [6.07, 6.45) is 1.25. The first kappa shape index (κ1) is 26.7. The van der Waals surface area contributed by atoms with Crippen LogP contribution in [0.2, 0.25) is 10.0 Å². The number of amides is 2. The second-order valence-electron chi connectivity index (χ2n) is 8.17. The van der Waals surface area contributed by atoms with Crippen LogP contribution in [0.5, 0.6) is 5.75 Å². The Morgan fingerprint density at radius 1 is 1.09 bits per heavy atom. The van der Waals surface area contributed by atoms with Crippen LogP contribution < -0.4 is 20.7 Å². The molecule has 3 rings (SSSR count). The van der Waals surface area contributed by atoms with Crippen molar-refractivity contribution in [2.45, 2.75) is 46.3 Å². The van der Waals surface area contributed by atoms with Crippen LogP contribution in [0.3, 0.4) is 0 Å². The maximum absolute atomic E-state index is 14.0. The molecule has 6 nitrogen and oxygen atoms in total. The molecule has 0 saturated heterocycles. The predicted molar refractivity (Wildman–Crippen MR) is 145 cm³/mol. The van der Waals surface area contributed by atoms with Gasteiger partial charge in [-0.1, -0.05) is 49.2 Å². The normalized spacial score (nSPS) is 11.7. The summed E-state index contributed by atoms with van der Waals surface area (Å²) in [5, 5.41) is 14.3. The molecule has 35 heavy (non-hydrogen) atoms. The standard InChI is InChI=1S/C27H31Cl2N3O3/c1-5-21-23(29)14-24(30)22(6-2)26(21)31-27(34)32(16(3)17-7-9-19(28)10-8-17)25-12-11-20(35-4)13-18(25)15-33/h7-14,16,33H,5-6,15,30H2,1-4H3,(H,31,34). The van der Waals surface area contributed by atoms with Crippen LogP contribution >= 0.6 is 23.2 Å². The SMILES string of the molecule is CCc1c(N)cc(Cl)c(CC)c1NC(=O)N(c1ccc(OC)cc1CO)C(C)c1ccc(Cl)cc1. The summed E-state index contributed by atoms with van der Waals surface area (Å²) in [6, 6.07) is 13.5. The molecule has 1 atom stereocenters. The van der Waals surface area contributed by atoms with E-state index in [0.29, 0.717) is 51.3 Å². The number of carbonyl (C=O) groups excluding carboxylic acids is 1. The van der Waals surface area contributed by atoms with Crippen molar-refractivity contribution in [3.63, 3.8) is 0 Å². The van der Waals surface area contributed by atoms with E-state index in [1.54, 1.807) is 48.4 Å². The Balaban J connectivity index is 2.15. The summed E-state index contributed by atoms with van der Waals surface area (Å²) < 4.78 is 5.32. The molecule has 0 fully saturated rings. The Morgan fingerprint density at radius 2 is 1.74 bits per heavy atom. The Labute approximate surface area is 216 Å².